The number of hydrogen-bond donors (Lipinski definition) is 2. The molecule has 1 unspecified atom stereocenters. The van der Waals surface area contributed by atoms with Gasteiger partial charge in [-0.2, -0.15) is 16.3 Å². The van der Waals surface area contributed by atoms with Crippen LogP contribution in [-0.4, -0.2) is 21.8 Å². The van der Waals surface area contributed by atoms with Gasteiger partial charge in [-0.15, -0.1) is 0 Å². The Balaban J connectivity index is 1.78. The summed E-state index contributed by atoms with van der Waals surface area (Å²) in [5.74, 6) is 0.792. The van der Waals surface area contributed by atoms with Crippen LogP contribution < -0.4 is 4.90 Å². The fraction of sp³-hybridized carbons (Fsp3) is 0.200. The molecule has 0 bridgehead atoms. The van der Waals surface area contributed by atoms with E-state index in [9.17, 15) is 0 Å². The van der Waals surface area contributed by atoms with Gasteiger partial charge in [-0.05, 0) is 35.1 Å². The lowest BCUT2D eigenvalue weighted by molar-refractivity contribution is -0.917. The van der Waals surface area contributed by atoms with Gasteiger partial charge in [0, 0.05) is 15.6 Å². The van der Waals surface area contributed by atoms with Crippen LogP contribution in [0.1, 0.15) is 5.56 Å². The van der Waals surface area contributed by atoms with E-state index in [4.69, 9.17) is 12.2 Å². The molecule has 1 aromatic carbocycles. The summed E-state index contributed by atoms with van der Waals surface area (Å²) in [6, 6.07) is 10.2. The molecule has 0 fully saturated rings. The number of rotatable bonds is 5. The lowest BCUT2D eigenvalue weighted by Gasteiger charge is -2.13. The Morgan fingerprint density at radius 1 is 1.36 bits per heavy atom. The van der Waals surface area contributed by atoms with Crippen molar-refractivity contribution in [2.45, 2.75) is 13.2 Å². The summed E-state index contributed by atoms with van der Waals surface area (Å²) in [5, 5.41) is 7.59. The second-order valence-corrected chi connectivity index (χ2v) is 7.19. The zero-order chi connectivity index (χ0) is 15.5. The summed E-state index contributed by atoms with van der Waals surface area (Å²) in [6.45, 7) is 1.72. The molecule has 0 saturated heterocycles. The molecule has 4 nitrogen and oxygen atoms in total. The SMILES string of the molecule is C[NH+](Cc1ccsc1)Cn1[nH]c(-c2ccccc2Br)nc1=S. The summed E-state index contributed by atoms with van der Waals surface area (Å²) in [6.07, 6.45) is 0. The average Bonchev–Trinajstić information content (AvgIpc) is 3.10. The van der Waals surface area contributed by atoms with Crippen molar-refractivity contribution in [3.8, 4) is 11.4 Å². The number of benzene rings is 1. The van der Waals surface area contributed by atoms with E-state index in [0.717, 1.165) is 29.1 Å². The molecule has 22 heavy (non-hydrogen) atoms. The van der Waals surface area contributed by atoms with Crippen LogP contribution in [0, 0.1) is 4.77 Å². The molecule has 7 heteroatoms. The third kappa shape index (κ3) is 3.55. The highest BCUT2D eigenvalue weighted by molar-refractivity contribution is 9.10. The van der Waals surface area contributed by atoms with E-state index in [1.165, 1.54) is 10.5 Å². The topological polar surface area (TPSA) is 38.0 Å². The first-order valence-electron chi connectivity index (χ1n) is 6.87. The van der Waals surface area contributed by atoms with Crippen molar-refractivity contribution >= 4 is 39.5 Å². The van der Waals surface area contributed by atoms with Gasteiger partial charge in [0.25, 0.3) is 0 Å². The first-order chi connectivity index (χ1) is 10.6. The third-order valence-electron chi connectivity index (χ3n) is 3.32. The van der Waals surface area contributed by atoms with E-state index < -0.39 is 0 Å². The summed E-state index contributed by atoms with van der Waals surface area (Å²) in [4.78, 5) is 5.82. The van der Waals surface area contributed by atoms with Gasteiger partial charge in [0.1, 0.15) is 6.54 Å². The van der Waals surface area contributed by atoms with Crippen molar-refractivity contribution in [1.29, 1.82) is 0 Å². The van der Waals surface area contributed by atoms with E-state index >= 15 is 0 Å². The molecule has 2 N–H and O–H groups in total. The normalized spacial score (nSPS) is 12.5. The summed E-state index contributed by atoms with van der Waals surface area (Å²) >= 11 is 10.7. The van der Waals surface area contributed by atoms with Crippen LogP contribution in [0.25, 0.3) is 11.4 Å². The molecule has 2 aromatic heterocycles. The van der Waals surface area contributed by atoms with Gasteiger partial charge in [-0.25, -0.2) is 4.68 Å². The Hall–Kier alpha value is -1.28. The van der Waals surface area contributed by atoms with Gasteiger partial charge in [-0.1, -0.05) is 34.1 Å². The molecule has 0 spiro atoms. The largest absolute Gasteiger partial charge is 0.315 e. The molecule has 114 valence electrons. The van der Waals surface area contributed by atoms with Crippen LogP contribution in [0.5, 0.6) is 0 Å². The highest BCUT2D eigenvalue weighted by atomic mass is 79.9. The van der Waals surface area contributed by atoms with Crippen molar-refractivity contribution in [3.05, 3.63) is 55.9 Å². The number of aromatic nitrogens is 3. The molecule has 1 atom stereocenters. The molecular weight excluding hydrogens is 380 g/mol. The van der Waals surface area contributed by atoms with Gasteiger partial charge in [0.2, 0.25) is 4.77 Å². The lowest BCUT2D eigenvalue weighted by Crippen LogP contribution is -3.06. The van der Waals surface area contributed by atoms with Crippen LogP contribution in [0.4, 0.5) is 0 Å². The molecule has 0 aliphatic rings. The van der Waals surface area contributed by atoms with E-state index in [0.29, 0.717) is 4.77 Å². The van der Waals surface area contributed by atoms with Gasteiger partial charge >= 0.3 is 0 Å². The molecule has 2 heterocycles. The van der Waals surface area contributed by atoms with Crippen LogP contribution >= 0.6 is 39.5 Å². The molecule has 0 aliphatic heterocycles. The van der Waals surface area contributed by atoms with Crippen molar-refractivity contribution in [2.24, 2.45) is 0 Å². The maximum absolute atomic E-state index is 5.38. The van der Waals surface area contributed by atoms with Crippen molar-refractivity contribution in [3.63, 3.8) is 0 Å². The summed E-state index contributed by atoms with van der Waals surface area (Å²) in [7, 11) is 2.15. The van der Waals surface area contributed by atoms with Gasteiger partial charge in [-0.3, -0.25) is 5.10 Å². The predicted molar refractivity (Wildman–Crippen MR) is 95.5 cm³/mol. The number of quaternary nitrogens is 1. The van der Waals surface area contributed by atoms with Crippen LogP contribution in [-0.2, 0) is 13.2 Å². The van der Waals surface area contributed by atoms with Gasteiger partial charge < -0.3 is 4.90 Å². The molecular formula is C15H16BrN4S2+. The smallest absolute Gasteiger partial charge is 0.221 e. The standard InChI is InChI=1S/C15H15BrN4S2/c1-19(8-11-6-7-22-9-11)10-20-15(21)17-14(18-20)12-4-2-3-5-13(12)16/h2-7,9H,8,10H2,1H3,(H,17,18,21)/p+1. The quantitative estimate of drug-likeness (QED) is 0.651. The number of nitrogens with one attached hydrogen (secondary N) is 2. The highest BCUT2D eigenvalue weighted by Gasteiger charge is 2.11. The summed E-state index contributed by atoms with van der Waals surface area (Å²) in [5.41, 5.74) is 2.36. The van der Waals surface area contributed by atoms with E-state index in [1.54, 1.807) is 11.3 Å². The van der Waals surface area contributed by atoms with E-state index in [1.807, 2.05) is 28.9 Å². The highest BCUT2D eigenvalue weighted by Crippen LogP contribution is 2.24. The first-order valence-corrected chi connectivity index (χ1v) is 9.02. The second-order valence-electron chi connectivity index (χ2n) is 5.19. The monoisotopic (exact) mass is 395 g/mol. The van der Waals surface area contributed by atoms with Crippen LogP contribution in [0.2, 0.25) is 0 Å². The fourth-order valence-corrected chi connectivity index (χ4v) is 3.65. The number of nitrogens with zero attached hydrogens (tertiary/aromatic N) is 2. The molecule has 0 amide bonds. The third-order valence-corrected chi connectivity index (χ3v) is 5.06. The Morgan fingerprint density at radius 3 is 2.91 bits per heavy atom. The zero-order valence-electron chi connectivity index (χ0n) is 12.0. The number of H-pyrrole nitrogens is 1. The molecule has 0 radical (unpaired) electrons. The minimum absolute atomic E-state index is 0.579. The van der Waals surface area contributed by atoms with Crippen LogP contribution in [0.15, 0.2) is 45.6 Å². The zero-order valence-corrected chi connectivity index (χ0v) is 15.3. The van der Waals surface area contributed by atoms with E-state index in [2.05, 4.69) is 49.9 Å². The Kier molecular flexibility index (Phi) is 4.87. The van der Waals surface area contributed by atoms with Crippen molar-refractivity contribution < 1.29 is 4.90 Å². The fourth-order valence-electron chi connectivity index (χ4n) is 2.31. The number of hydrogen-bond acceptors (Lipinski definition) is 3. The maximum atomic E-state index is 5.38. The van der Waals surface area contributed by atoms with Crippen molar-refractivity contribution in [1.82, 2.24) is 14.8 Å². The maximum Gasteiger partial charge on any atom is 0.221 e. The number of aromatic amines is 1. The molecule has 0 aliphatic carbocycles. The minimum atomic E-state index is 0.579. The predicted octanol–water partition coefficient (Wildman–Crippen LogP) is 3.10. The Morgan fingerprint density at radius 2 is 2.18 bits per heavy atom. The van der Waals surface area contributed by atoms with E-state index in [-0.39, 0.29) is 0 Å². The minimum Gasteiger partial charge on any atom is -0.315 e. The first kappa shape index (κ1) is 15.6. The second kappa shape index (κ2) is 6.87. The molecule has 0 saturated carbocycles. The van der Waals surface area contributed by atoms with Crippen LogP contribution in [0.3, 0.4) is 0 Å². The Labute approximate surface area is 146 Å². The number of halogens is 1. The average molecular weight is 396 g/mol. The van der Waals surface area contributed by atoms with Gasteiger partial charge in [0.15, 0.2) is 12.5 Å². The number of thiophene rings is 1. The lowest BCUT2D eigenvalue weighted by atomic mass is 10.2. The summed E-state index contributed by atoms with van der Waals surface area (Å²) < 4.78 is 3.51. The Bertz CT molecular complexity index is 807. The molecule has 3 rings (SSSR count). The van der Waals surface area contributed by atoms with Crippen molar-refractivity contribution in [2.75, 3.05) is 7.05 Å². The van der Waals surface area contributed by atoms with Gasteiger partial charge in [0.05, 0.1) is 7.05 Å². The molecule has 3 aromatic rings.